The van der Waals surface area contributed by atoms with Crippen LogP contribution >= 0.6 is 0 Å². The van der Waals surface area contributed by atoms with Crippen LogP contribution in [0.2, 0.25) is 0 Å². The molecular weight excluding hydrogens is 300 g/mol. The van der Waals surface area contributed by atoms with E-state index in [-0.39, 0.29) is 16.9 Å². The second-order valence-electron chi connectivity index (χ2n) is 4.97. The average Bonchev–Trinajstić information content (AvgIpc) is 2.53. The maximum absolute atomic E-state index is 11.4. The molecule has 0 fully saturated rings. The molecule has 2 rings (SSSR count). The van der Waals surface area contributed by atoms with E-state index < -0.39 is 11.4 Å². The van der Waals surface area contributed by atoms with Gasteiger partial charge in [-0.05, 0) is 37.1 Å². The van der Waals surface area contributed by atoms with Gasteiger partial charge in [0.2, 0.25) is 5.88 Å². The monoisotopic (exact) mass is 318 g/mol. The van der Waals surface area contributed by atoms with Crippen LogP contribution in [0, 0.1) is 6.92 Å². The van der Waals surface area contributed by atoms with Crippen LogP contribution in [0.1, 0.15) is 23.6 Å². The highest BCUT2D eigenvalue weighted by atomic mass is 16.6. The summed E-state index contributed by atoms with van der Waals surface area (Å²) in [5.74, 6) is 0.184. The number of methoxy groups -OCH3 is 1. The van der Waals surface area contributed by atoms with Gasteiger partial charge in [-0.3, -0.25) is 4.79 Å². The minimum absolute atomic E-state index is 0.171. The Labute approximate surface area is 133 Å². The molecule has 0 aliphatic carbocycles. The standard InChI is InChI=1S/C16H18N2O5/c1-10-8-14(19)18(21)16(20)15(10)11(2)17-23-9-12-4-6-13(22-3)7-5-12/h4-8,20-21H,9H2,1-3H3/b17-11-. The number of hydrogen-bond acceptors (Lipinski definition) is 6. The summed E-state index contributed by atoms with van der Waals surface area (Å²) in [5, 5.41) is 23.2. The summed E-state index contributed by atoms with van der Waals surface area (Å²) in [7, 11) is 1.59. The maximum atomic E-state index is 11.4. The lowest BCUT2D eigenvalue weighted by Crippen LogP contribution is -2.20. The van der Waals surface area contributed by atoms with Crippen LogP contribution in [-0.4, -0.2) is 27.9 Å². The highest BCUT2D eigenvalue weighted by molar-refractivity contribution is 6.01. The molecule has 0 unspecified atom stereocenters. The molecule has 0 saturated carbocycles. The van der Waals surface area contributed by atoms with Crippen molar-refractivity contribution in [2.45, 2.75) is 20.5 Å². The van der Waals surface area contributed by atoms with Gasteiger partial charge in [0, 0.05) is 6.07 Å². The Balaban J connectivity index is 2.14. The summed E-state index contributed by atoms with van der Waals surface area (Å²) in [6, 6.07) is 8.53. The number of aryl methyl sites for hydroxylation is 1. The molecular formula is C16H18N2O5. The topological polar surface area (TPSA) is 93.3 Å². The molecule has 7 heteroatoms. The van der Waals surface area contributed by atoms with Crippen molar-refractivity contribution in [2.75, 3.05) is 7.11 Å². The van der Waals surface area contributed by atoms with Gasteiger partial charge >= 0.3 is 0 Å². The number of rotatable bonds is 5. The minimum Gasteiger partial charge on any atom is -0.497 e. The summed E-state index contributed by atoms with van der Waals surface area (Å²) >= 11 is 0. The SMILES string of the molecule is COc1ccc(CO/N=C(/C)c2c(C)cc(=O)n(O)c2O)cc1. The van der Waals surface area contributed by atoms with Crippen molar-refractivity contribution in [1.29, 1.82) is 0 Å². The van der Waals surface area contributed by atoms with Crippen molar-refractivity contribution in [1.82, 2.24) is 4.73 Å². The zero-order valence-electron chi connectivity index (χ0n) is 13.1. The molecule has 0 atom stereocenters. The fourth-order valence-electron chi connectivity index (χ4n) is 2.12. The lowest BCUT2D eigenvalue weighted by atomic mass is 10.1. The largest absolute Gasteiger partial charge is 0.497 e. The summed E-state index contributed by atoms with van der Waals surface area (Å²) in [6.45, 7) is 3.49. The molecule has 2 aromatic rings. The third-order valence-corrected chi connectivity index (χ3v) is 3.32. The van der Waals surface area contributed by atoms with Crippen molar-refractivity contribution in [3.05, 3.63) is 57.4 Å². The number of aromatic hydroxyl groups is 1. The Kier molecular flexibility index (Phi) is 4.90. The normalized spacial score (nSPS) is 11.3. The first-order chi connectivity index (χ1) is 10.9. The second kappa shape index (κ2) is 6.87. The third-order valence-electron chi connectivity index (χ3n) is 3.32. The van der Waals surface area contributed by atoms with Gasteiger partial charge in [-0.25, -0.2) is 0 Å². The number of benzene rings is 1. The molecule has 1 heterocycles. The molecule has 0 amide bonds. The van der Waals surface area contributed by atoms with Crippen LogP contribution in [0.4, 0.5) is 0 Å². The predicted molar refractivity (Wildman–Crippen MR) is 84.3 cm³/mol. The van der Waals surface area contributed by atoms with Crippen molar-refractivity contribution in [3.63, 3.8) is 0 Å². The summed E-state index contributed by atoms with van der Waals surface area (Å²) in [5.41, 5.74) is 1.27. The van der Waals surface area contributed by atoms with Gasteiger partial charge in [-0.2, -0.15) is 0 Å². The molecule has 0 aliphatic rings. The highest BCUT2D eigenvalue weighted by Gasteiger charge is 2.15. The Morgan fingerprint density at radius 2 is 1.96 bits per heavy atom. The molecule has 1 aromatic heterocycles. The number of oxime groups is 1. The van der Waals surface area contributed by atoms with E-state index in [2.05, 4.69) is 5.16 Å². The second-order valence-corrected chi connectivity index (χ2v) is 4.97. The lowest BCUT2D eigenvalue weighted by molar-refractivity contribution is 0.129. The van der Waals surface area contributed by atoms with Crippen LogP contribution < -0.4 is 10.3 Å². The first-order valence-electron chi connectivity index (χ1n) is 6.88. The summed E-state index contributed by atoms with van der Waals surface area (Å²) < 4.78 is 5.24. The number of aromatic nitrogens is 1. The quantitative estimate of drug-likeness (QED) is 0.500. The lowest BCUT2D eigenvalue weighted by Gasteiger charge is -2.10. The van der Waals surface area contributed by atoms with Gasteiger partial charge in [0.05, 0.1) is 18.4 Å². The van der Waals surface area contributed by atoms with Gasteiger partial charge in [-0.1, -0.05) is 17.3 Å². The Bertz CT molecular complexity index is 778. The van der Waals surface area contributed by atoms with Crippen LogP contribution in [0.5, 0.6) is 11.6 Å². The smallest absolute Gasteiger partial charge is 0.286 e. The molecule has 2 N–H and O–H groups in total. The van der Waals surface area contributed by atoms with E-state index in [0.717, 1.165) is 11.3 Å². The van der Waals surface area contributed by atoms with Gasteiger partial charge in [0.1, 0.15) is 12.4 Å². The fraction of sp³-hybridized carbons (Fsp3) is 0.250. The van der Waals surface area contributed by atoms with E-state index in [9.17, 15) is 15.1 Å². The van der Waals surface area contributed by atoms with Crippen LogP contribution in [0.3, 0.4) is 0 Å². The molecule has 122 valence electrons. The minimum atomic E-state index is -0.712. The molecule has 1 aromatic carbocycles. The molecule has 7 nitrogen and oxygen atoms in total. The molecule has 0 spiro atoms. The van der Waals surface area contributed by atoms with Crippen molar-refractivity contribution < 1.29 is 19.9 Å². The predicted octanol–water partition coefficient (Wildman–Crippen LogP) is 2.05. The zero-order valence-corrected chi connectivity index (χ0v) is 13.1. The van der Waals surface area contributed by atoms with E-state index >= 15 is 0 Å². The first kappa shape index (κ1) is 16.4. The number of ether oxygens (including phenoxy) is 1. The molecule has 0 bridgehead atoms. The Hall–Kier alpha value is -2.96. The molecule has 0 saturated heterocycles. The fourth-order valence-corrected chi connectivity index (χ4v) is 2.12. The van der Waals surface area contributed by atoms with Crippen molar-refractivity contribution >= 4 is 5.71 Å². The first-order valence-corrected chi connectivity index (χ1v) is 6.88. The Morgan fingerprint density at radius 3 is 2.57 bits per heavy atom. The van der Waals surface area contributed by atoms with Crippen LogP contribution in [-0.2, 0) is 11.4 Å². The molecule has 0 radical (unpaired) electrons. The highest BCUT2D eigenvalue weighted by Crippen LogP contribution is 2.19. The van der Waals surface area contributed by atoms with Gasteiger partial charge < -0.3 is 19.9 Å². The molecule has 0 aliphatic heterocycles. The van der Waals surface area contributed by atoms with E-state index in [1.807, 2.05) is 24.3 Å². The van der Waals surface area contributed by atoms with Crippen LogP contribution in [0.25, 0.3) is 0 Å². The number of pyridine rings is 1. The van der Waals surface area contributed by atoms with Crippen LogP contribution in [0.15, 0.2) is 40.3 Å². The van der Waals surface area contributed by atoms with Gasteiger partial charge in [-0.15, -0.1) is 4.73 Å². The average molecular weight is 318 g/mol. The molecule has 23 heavy (non-hydrogen) atoms. The summed E-state index contributed by atoms with van der Waals surface area (Å²) in [4.78, 5) is 16.6. The van der Waals surface area contributed by atoms with E-state index in [4.69, 9.17) is 9.57 Å². The van der Waals surface area contributed by atoms with E-state index in [1.165, 1.54) is 6.07 Å². The van der Waals surface area contributed by atoms with E-state index in [1.54, 1.807) is 21.0 Å². The summed E-state index contributed by atoms with van der Waals surface area (Å²) in [6.07, 6.45) is 0. The maximum Gasteiger partial charge on any atom is 0.286 e. The van der Waals surface area contributed by atoms with Crippen molar-refractivity contribution in [2.24, 2.45) is 5.16 Å². The number of nitrogens with zero attached hydrogens (tertiary/aromatic N) is 2. The zero-order chi connectivity index (χ0) is 17.0. The number of hydrogen-bond donors (Lipinski definition) is 2. The van der Waals surface area contributed by atoms with Crippen molar-refractivity contribution in [3.8, 4) is 11.6 Å². The Morgan fingerprint density at radius 1 is 1.30 bits per heavy atom. The van der Waals surface area contributed by atoms with E-state index in [0.29, 0.717) is 11.3 Å². The third kappa shape index (κ3) is 3.63. The van der Waals surface area contributed by atoms with Gasteiger partial charge in [0.15, 0.2) is 0 Å². The van der Waals surface area contributed by atoms with Gasteiger partial charge in [0.25, 0.3) is 5.56 Å².